The van der Waals surface area contributed by atoms with Crippen molar-refractivity contribution in [1.82, 2.24) is 14.5 Å². The topological polar surface area (TPSA) is 30.7 Å². The lowest BCUT2D eigenvalue weighted by Crippen LogP contribution is -2.01. The van der Waals surface area contributed by atoms with Crippen molar-refractivity contribution in [3.63, 3.8) is 0 Å². The molecule has 21 heavy (non-hydrogen) atoms. The smallest absolute Gasteiger partial charge is 0.114 e. The zero-order valence-electron chi connectivity index (χ0n) is 12.9. The molecule has 0 fully saturated rings. The Kier molecular flexibility index (Phi) is 3.74. The van der Waals surface area contributed by atoms with Crippen LogP contribution in [0.2, 0.25) is 0 Å². The van der Waals surface area contributed by atoms with E-state index in [2.05, 4.69) is 46.8 Å². The molecule has 0 aliphatic rings. The van der Waals surface area contributed by atoms with Crippen LogP contribution >= 0.6 is 0 Å². The van der Waals surface area contributed by atoms with Gasteiger partial charge in [0, 0.05) is 17.8 Å². The summed E-state index contributed by atoms with van der Waals surface area (Å²) in [5.41, 5.74) is 5.42. The van der Waals surface area contributed by atoms with Crippen LogP contribution in [0.5, 0.6) is 0 Å². The van der Waals surface area contributed by atoms with Crippen LogP contribution in [0.15, 0.2) is 36.4 Å². The van der Waals surface area contributed by atoms with Gasteiger partial charge in [0.05, 0.1) is 11.2 Å². The third-order valence-electron chi connectivity index (χ3n) is 3.78. The Balaban J connectivity index is 2.27. The van der Waals surface area contributed by atoms with Crippen LogP contribution in [-0.2, 0) is 6.42 Å². The van der Waals surface area contributed by atoms with Gasteiger partial charge in [-0.3, -0.25) is 9.55 Å². The first-order valence-electron chi connectivity index (χ1n) is 7.61. The van der Waals surface area contributed by atoms with E-state index in [0.717, 1.165) is 41.1 Å². The molecule has 0 spiro atoms. The second-order valence-electron chi connectivity index (χ2n) is 5.52. The highest BCUT2D eigenvalue weighted by Crippen LogP contribution is 2.24. The van der Waals surface area contributed by atoms with E-state index < -0.39 is 0 Å². The largest absolute Gasteiger partial charge is 0.296 e. The maximum absolute atomic E-state index is 4.87. The SMILES string of the molecule is CCCCc1nc2c(C)nc(C)cc2n1-c1ccccc1. The molecular weight excluding hydrogens is 258 g/mol. The highest BCUT2D eigenvalue weighted by molar-refractivity contribution is 5.80. The Hall–Kier alpha value is -2.16. The van der Waals surface area contributed by atoms with Crippen LogP contribution in [0, 0.1) is 13.8 Å². The Bertz CT molecular complexity index is 757. The molecule has 0 saturated heterocycles. The molecule has 0 bridgehead atoms. The van der Waals surface area contributed by atoms with E-state index in [0.29, 0.717) is 0 Å². The number of rotatable bonds is 4. The summed E-state index contributed by atoms with van der Waals surface area (Å²) >= 11 is 0. The zero-order valence-corrected chi connectivity index (χ0v) is 12.9. The van der Waals surface area contributed by atoms with Gasteiger partial charge < -0.3 is 0 Å². The lowest BCUT2D eigenvalue weighted by molar-refractivity contribution is 0.744. The summed E-state index contributed by atoms with van der Waals surface area (Å²) in [6.07, 6.45) is 3.33. The Labute approximate surface area is 125 Å². The van der Waals surface area contributed by atoms with E-state index in [1.807, 2.05) is 19.9 Å². The molecule has 0 N–H and O–H groups in total. The number of fused-ring (bicyclic) bond motifs is 1. The molecule has 0 radical (unpaired) electrons. The Morgan fingerprint density at radius 2 is 1.81 bits per heavy atom. The molecule has 3 rings (SSSR count). The van der Waals surface area contributed by atoms with Gasteiger partial charge >= 0.3 is 0 Å². The molecule has 108 valence electrons. The van der Waals surface area contributed by atoms with Crippen LogP contribution in [-0.4, -0.2) is 14.5 Å². The third kappa shape index (κ3) is 2.56. The molecule has 2 heterocycles. The van der Waals surface area contributed by atoms with Crippen molar-refractivity contribution in [2.24, 2.45) is 0 Å². The van der Waals surface area contributed by atoms with Gasteiger partial charge in [0.15, 0.2) is 0 Å². The number of hydrogen-bond acceptors (Lipinski definition) is 2. The van der Waals surface area contributed by atoms with E-state index in [-0.39, 0.29) is 0 Å². The minimum absolute atomic E-state index is 0.999. The second kappa shape index (κ2) is 5.68. The van der Waals surface area contributed by atoms with Crippen molar-refractivity contribution in [3.8, 4) is 5.69 Å². The number of hydrogen-bond donors (Lipinski definition) is 0. The number of imidazole rings is 1. The van der Waals surface area contributed by atoms with Crippen molar-refractivity contribution in [3.05, 3.63) is 53.6 Å². The van der Waals surface area contributed by atoms with Crippen LogP contribution in [0.25, 0.3) is 16.7 Å². The Morgan fingerprint density at radius 3 is 2.52 bits per heavy atom. The number of aryl methyl sites for hydroxylation is 3. The normalized spacial score (nSPS) is 11.2. The summed E-state index contributed by atoms with van der Waals surface area (Å²) in [6, 6.07) is 12.6. The molecule has 0 amide bonds. The monoisotopic (exact) mass is 279 g/mol. The van der Waals surface area contributed by atoms with E-state index in [1.165, 1.54) is 12.1 Å². The molecular formula is C18H21N3. The average Bonchev–Trinajstić information content (AvgIpc) is 2.84. The highest BCUT2D eigenvalue weighted by atomic mass is 15.1. The molecule has 3 heteroatoms. The number of unbranched alkanes of at least 4 members (excludes halogenated alkanes) is 1. The van der Waals surface area contributed by atoms with Crippen LogP contribution < -0.4 is 0 Å². The number of nitrogens with zero attached hydrogens (tertiary/aromatic N) is 3. The molecule has 2 aromatic heterocycles. The quantitative estimate of drug-likeness (QED) is 0.709. The summed E-state index contributed by atoms with van der Waals surface area (Å²) in [5, 5.41) is 0. The van der Waals surface area contributed by atoms with Crippen LogP contribution in [0.4, 0.5) is 0 Å². The Morgan fingerprint density at radius 1 is 1.05 bits per heavy atom. The molecule has 0 unspecified atom stereocenters. The van der Waals surface area contributed by atoms with Crippen LogP contribution in [0.3, 0.4) is 0 Å². The van der Waals surface area contributed by atoms with Crippen molar-refractivity contribution in [1.29, 1.82) is 0 Å². The summed E-state index contributed by atoms with van der Waals surface area (Å²) in [5.74, 6) is 1.13. The predicted octanol–water partition coefficient (Wildman–Crippen LogP) is 4.38. The van der Waals surface area contributed by atoms with Gasteiger partial charge in [0.1, 0.15) is 11.3 Å². The minimum Gasteiger partial charge on any atom is -0.296 e. The molecule has 3 nitrogen and oxygen atoms in total. The number of benzene rings is 1. The van der Waals surface area contributed by atoms with Gasteiger partial charge in [-0.25, -0.2) is 4.98 Å². The molecule has 0 aliphatic carbocycles. The van der Waals surface area contributed by atoms with Crippen molar-refractivity contribution in [2.45, 2.75) is 40.0 Å². The fourth-order valence-electron chi connectivity index (χ4n) is 2.80. The summed E-state index contributed by atoms with van der Waals surface area (Å²) in [4.78, 5) is 9.42. The van der Waals surface area contributed by atoms with Crippen molar-refractivity contribution >= 4 is 11.0 Å². The zero-order chi connectivity index (χ0) is 14.8. The van der Waals surface area contributed by atoms with Gasteiger partial charge in [0.2, 0.25) is 0 Å². The standard InChI is InChI=1S/C18H21N3/c1-4-5-11-17-20-18-14(3)19-13(2)12-16(18)21(17)15-9-7-6-8-10-15/h6-10,12H,4-5,11H2,1-3H3. The van der Waals surface area contributed by atoms with E-state index in [1.54, 1.807) is 0 Å². The van der Waals surface area contributed by atoms with Gasteiger partial charge in [-0.15, -0.1) is 0 Å². The fourth-order valence-corrected chi connectivity index (χ4v) is 2.80. The van der Waals surface area contributed by atoms with Crippen LogP contribution in [0.1, 0.15) is 37.0 Å². The molecule has 0 saturated carbocycles. The predicted molar refractivity (Wildman–Crippen MR) is 87.0 cm³/mol. The number of pyridine rings is 1. The average molecular weight is 279 g/mol. The summed E-state index contributed by atoms with van der Waals surface area (Å²) < 4.78 is 2.28. The number of aromatic nitrogens is 3. The lowest BCUT2D eigenvalue weighted by atomic mass is 10.2. The minimum atomic E-state index is 0.999. The molecule has 3 aromatic rings. The summed E-state index contributed by atoms with van der Waals surface area (Å²) in [6.45, 7) is 6.30. The first-order chi connectivity index (χ1) is 10.2. The van der Waals surface area contributed by atoms with Gasteiger partial charge in [-0.05, 0) is 38.5 Å². The fraction of sp³-hybridized carbons (Fsp3) is 0.333. The molecule has 0 atom stereocenters. The highest BCUT2D eigenvalue weighted by Gasteiger charge is 2.14. The van der Waals surface area contributed by atoms with E-state index >= 15 is 0 Å². The number of para-hydroxylation sites is 1. The second-order valence-corrected chi connectivity index (χ2v) is 5.52. The maximum atomic E-state index is 4.87. The first-order valence-corrected chi connectivity index (χ1v) is 7.61. The maximum Gasteiger partial charge on any atom is 0.114 e. The van der Waals surface area contributed by atoms with Crippen molar-refractivity contribution < 1.29 is 0 Å². The van der Waals surface area contributed by atoms with Gasteiger partial charge in [-0.2, -0.15) is 0 Å². The van der Waals surface area contributed by atoms with Gasteiger partial charge in [-0.1, -0.05) is 31.5 Å². The summed E-state index contributed by atoms with van der Waals surface area (Å²) in [7, 11) is 0. The molecule has 1 aromatic carbocycles. The lowest BCUT2D eigenvalue weighted by Gasteiger charge is -2.09. The van der Waals surface area contributed by atoms with E-state index in [4.69, 9.17) is 4.98 Å². The van der Waals surface area contributed by atoms with Gasteiger partial charge in [0.25, 0.3) is 0 Å². The first kappa shape index (κ1) is 13.8. The third-order valence-corrected chi connectivity index (χ3v) is 3.78. The molecule has 0 aliphatic heterocycles. The van der Waals surface area contributed by atoms with Crippen molar-refractivity contribution in [2.75, 3.05) is 0 Å². The van der Waals surface area contributed by atoms with E-state index in [9.17, 15) is 0 Å².